The fourth-order valence-corrected chi connectivity index (χ4v) is 4.71. The monoisotopic (exact) mass is 344 g/mol. The summed E-state index contributed by atoms with van der Waals surface area (Å²) in [5.41, 5.74) is 2.41. The van der Waals surface area contributed by atoms with E-state index < -0.39 is 0 Å². The Hall–Kier alpha value is -1.46. The van der Waals surface area contributed by atoms with Crippen LogP contribution in [0.1, 0.15) is 18.4 Å². The summed E-state index contributed by atoms with van der Waals surface area (Å²) < 4.78 is 5.87. The molecule has 4 nitrogen and oxygen atoms in total. The summed E-state index contributed by atoms with van der Waals surface area (Å²) in [7, 11) is 0. The molecule has 3 heterocycles. The number of carbonyl (C=O) groups is 1. The minimum atomic E-state index is 0.0613. The van der Waals surface area contributed by atoms with E-state index in [0.29, 0.717) is 12.5 Å². The van der Waals surface area contributed by atoms with Gasteiger partial charge in [0.05, 0.1) is 6.04 Å². The van der Waals surface area contributed by atoms with Crippen LogP contribution in [0, 0.1) is 0 Å². The van der Waals surface area contributed by atoms with Gasteiger partial charge in [-0.15, -0.1) is 0 Å². The van der Waals surface area contributed by atoms with E-state index in [1.807, 2.05) is 30.0 Å². The first-order chi connectivity index (χ1) is 11.8. The molecule has 0 bridgehead atoms. The molecule has 2 fully saturated rings. The van der Waals surface area contributed by atoms with Crippen LogP contribution < -0.4 is 4.74 Å². The molecule has 0 N–H and O–H groups in total. The number of fused-ring (bicyclic) bond motifs is 1. The Kier molecular flexibility index (Phi) is 4.81. The number of hydrogen-bond donors (Lipinski definition) is 0. The summed E-state index contributed by atoms with van der Waals surface area (Å²) >= 11 is 1.95. The standard InChI is InChI=1S/C19H24N2O2S/c22-19(20-8-10-24-11-9-20)17-5-3-7-21(17)13-15-12-16-4-1-2-6-18(16)23-14-15/h1-2,4,6,12,17H,3,5,7-11,13-14H2/t17-/m0/s1. The smallest absolute Gasteiger partial charge is 0.239 e. The van der Waals surface area contributed by atoms with Gasteiger partial charge in [-0.2, -0.15) is 11.8 Å². The molecular formula is C19H24N2O2S. The van der Waals surface area contributed by atoms with E-state index in [1.165, 1.54) is 5.57 Å². The maximum absolute atomic E-state index is 12.9. The third kappa shape index (κ3) is 3.33. The third-order valence-electron chi connectivity index (χ3n) is 5.07. The van der Waals surface area contributed by atoms with Crippen LogP contribution in [0.15, 0.2) is 29.8 Å². The maximum atomic E-state index is 12.9. The van der Waals surface area contributed by atoms with Crippen molar-refractivity contribution in [1.29, 1.82) is 0 Å². The Morgan fingerprint density at radius 3 is 2.92 bits per heavy atom. The van der Waals surface area contributed by atoms with E-state index in [0.717, 1.165) is 61.8 Å². The summed E-state index contributed by atoms with van der Waals surface area (Å²) in [5.74, 6) is 3.45. The predicted octanol–water partition coefficient (Wildman–Crippen LogP) is 2.50. The van der Waals surface area contributed by atoms with E-state index in [-0.39, 0.29) is 6.04 Å². The molecule has 0 unspecified atom stereocenters. The van der Waals surface area contributed by atoms with Gasteiger partial charge in [0.1, 0.15) is 12.4 Å². The van der Waals surface area contributed by atoms with Gasteiger partial charge in [0.25, 0.3) is 0 Å². The Morgan fingerprint density at radius 1 is 1.21 bits per heavy atom. The molecule has 0 aliphatic carbocycles. The second-order valence-electron chi connectivity index (χ2n) is 6.70. The minimum absolute atomic E-state index is 0.0613. The molecule has 0 aromatic heterocycles. The number of carbonyl (C=O) groups excluding carboxylic acids is 1. The average Bonchev–Trinajstić information content (AvgIpc) is 3.10. The van der Waals surface area contributed by atoms with Gasteiger partial charge in [-0.05, 0) is 37.1 Å². The molecule has 1 aromatic rings. The topological polar surface area (TPSA) is 32.8 Å². The number of ether oxygens (including phenoxy) is 1. The van der Waals surface area contributed by atoms with Crippen molar-refractivity contribution in [1.82, 2.24) is 9.80 Å². The van der Waals surface area contributed by atoms with E-state index in [1.54, 1.807) is 0 Å². The molecule has 3 aliphatic heterocycles. The highest BCUT2D eigenvalue weighted by Crippen LogP contribution is 2.28. The first kappa shape index (κ1) is 16.0. The number of rotatable bonds is 3. The molecule has 1 amide bonds. The average molecular weight is 344 g/mol. The molecule has 128 valence electrons. The number of thioether (sulfide) groups is 1. The molecule has 2 saturated heterocycles. The van der Waals surface area contributed by atoms with Crippen molar-refractivity contribution in [2.24, 2.45) is 0 Å². The first-order valence-corrected chi connectivity index (χ1v) is 9.98. The zero-order chi connectivity index (χ0) is 16.4. The second-order valence-corrected chi connectivity index (χ2v) is 7.92. The zero-order valence-electron chi connectivity index (χ0n) is 13.9. The lowest BCUT2D eigenvalue weighted by atomic mass is 10.1. The molecule has 0 spiro atoms. The van der Waals surface area contributed by atoms with Crippen molar-refractivity contribution < 1.29 is 9.53 Å². The molecule has 3 aliphatic rings. The summed E-state index contributed by atoms with van der Waals surface area (Å²) in [6, 6.07) is 8.21. The zero-order valence-corrected chi connectivity index (χ0v) is 14.8. The predicted molar refractivity (Wildman–Crippen MR) is 98.4 cm³/mol. The lowest BCUT2D eigenvalue weighted by molar-refractivity contribution is -0.135. The molecular weight excluding hydrogens is 320 g/mol. The molecule has 24 heavy (non-hydrogen) atoms. The van der Waals surface area contributed by atoms with Gasteiger partial charge < -0.3 is 9.64 Å². The summed E-state index contributed by atoms with van der Waals surface area (Å²) in [6.45, 7) is 4.31. The van der Waals surface area contributed by atoms with Crippen molar-refractivity contribution in [3.63, 3.8) is 0 Å². The Bertz CT molecular complexity index is 640. The maximum Gasteiger partial charge on any atom is 0.239 e. The van der Waals surface area contributed by atoms with Crippen LogP contribution >= 0.6 is 11.8 Å². The van der Waals surface area contributed by atoms with E-state index in [4.69, 9.17) is 4.74 Å². The fourth-order valence-electron chi connectivity index (χ4n) is 3.80. The Labute approximate surface area is 147 Å². The van der Waals surface area contributed by atoms with Crippen molar-refractivity contribution in [3.8, 4) is 5.75 Å². The number of para-hydroxylation sites is 1. The van der Waals surface area contributed by atoms with Gasteiger partial charge in [-0.1, -0.05) is 18.2 Å². The van der Waals surface area contributed by atoms with E-state index in [2.05, 4.69) is 21.9 Å². The molecule has 1 aromatic carbocycles. The quantitative estimate of drug-likeness (QED) is 0.843. The lowest BCUT2D eigenvalue weighted by Gasteiger charge is -2.33. The van der Waals surface area contributed by atoms with Gasteiger partial charge in [-0.25, -0.2) is 0 Å². The van der Waals surface area contributed by atoms with Crippen LogP contribution in [0.4, 0.5) is 0 Å². The van der Waals surface area contributed by atoms with Gasteiger partial charge in [0.2, 0.25) is 5.91 Å². The fraction of sp³-hybridized carbons (Fsp3) is 0.526. The van der Waals surface area contributed by atoms with Crippen LogP contribution in [0.3, 0.4) is 0 Å². The van der Waals surface area contributed by atoms with Crippen molar-refractivity contribution in [2.75, 3.05) is 44.3 Å². The van der Waals surface area contributed by atoms with Crippen molar-refractivity contribution in [2.45, 2.75) is 18.9 Å². The second kappa shape index (κ2) is 7.19. The summed E-state index contributed by atoms with van der Waals surface area (Å²) in [4.78, 5) is 17.3. The normalized spacial score (nSPS) is 24.2. The lowest BCUT2D eigenvalue weighted by Crippen LogP contribution is -2.49. The number of nitrogens with zero attached hydrogens (tertiary/aromatic N) is 2. The van der Waals surface area contributed by atoms with Crippen LogP contribution in [0.25, 0.3) is 6.08 Å². The van der Waals surface area contributed by atoms with Gasteiger partial charge in [-0.3, -0.25) is 9.69 Å². The van der Waals surface area contributed by atoms with Gasteiger partial charge in [0, 0.05) is 36.7 Å². The SMILES string of the molecule is O=C([C@@H]1CCCN1CC1=Cc2ccccc2OC1)N1CCSCC1. The number of likely N-dealkylation sites (tertiary alicyclic amines) is 1. The summed E-state index contributed by atoms with van der Waals surface area (Å²) in [6.07, 6.45) is 4.34. The largest absolute Gasteiger partial charge is 0.489 e. The van der Waals surface area contributed by atoms with Gasteiger partial charge >= 0.3 is 0 Å². The molecule has 4 rings (SSSR count). The number of amides is 1. The van der Waals surface area contributed by atoms with Crippen LogP contribution in [-0.4, -0.2) is 66.0 Å². The van der Waals surface area contributed by atoms with Gasteiger partial charge in [0.15, 0.2) is 0 Å². The Morgan fingerprint density at radius 2 is 2.04 bits per heavy atom. The highest BCUT2D eigenvalue weighted by atomic mass is 32.2. The van der Waals surface area contributed by atoms with Crippen LogP contribution in [0.5, 0.6) is 5.75 Å². The highest BCUT2D eigenvalue weighted by Gasteiger charge is 2.34. The number of hydrogen-bond acceptors (Lipinski definition) is 4. The summed E-state index contributed by atoms with van der Waals surface area (Å²) in [5, 5.41) is 0. The van der Waals surface area contributed by atoms with Crippen molar-refractivity contribution >= 4 is 23.7 Å². The van der Waals surface area contributed by atoms with Crippen LogP contribution in [-0.2, 0) is 4.79 Å². The van der Waals surface area contributed by atoms with E-state index >= 15 is 0 Å². The molecule has 1 atom stereocenters. The van der Waals surface area contributed by atoms with Crippen molar-refractivity contribution in [3.05, 3.63) is 35.4 Å². The van der Waals surface area contributed by atoms with Crippen LogP contribution in [0.2, 0.25) is 0 Å². The minimum Gasteiger partial charge on any atom is -0.489 e. The molecule has 0 saturated carbocycles. The molecule has 0 radical (unpaired) electrons. The highest BCUT2D eigenvalue weighted by molar-refractivity contribution is 7.99. The van der Waals surface area contributed by atoms with E-state index in [9.17, 15) is 4.79 Å². The Balaban J connectivity index is 1.44. The number of benzene rings is 1. The molecule has 5 heteroatoms. The first-order valence-electron chi connectivity index (χ1n) is 8.83. The third-order valence-corrected chi connectivity index (χ3v) is 6.01.